The third-order valence-electron chi connectivity index (χ3n) is 2.47. The second-order valence-corrected chi connectivity index (χ2v) is 6.95. The monoisotopic (exact) mass is 207 g/mol. The molecule has 0 bridgehead atoms. The molecule has 0 spiro atoms. The van der Waals surface area contributed by atoms with E-state index in [1.54, 1.807) is 0 Å². The van der Waals surface area contributed by atoms with Gasteiger partial charge in [0.1, 0.15) is 0 Å². The molecular weight excluding hydrogens is 196 g/mol. The Morgan fingerprint density at radius 2 is 2.15 bits per heavy atom. The maximum atomic E-state index is 6.35. The summed E-state index contributed by atoms with van der Waals surface area (Å²) in [5.41, 5.74) is 3.30. The zero-order valence-corrected chi connectivity index (χ0v) is 9.38. The quantitative estimate of drug-likeness (QED) is 0.514. The number of halogens is 1. The van der Waals surface area contributed by atoms with Crippen molar-refractivity contribution in [1.82, 2.24) is 0 Å². The number of benzene rings is 1. The summed E-state index contributed by atoms with van der Waals surface area (Å²) in [5, 5.41) is 0. The predicted molar refractivity (Wildman–Crippen MR) is 60.3 cm³/mol. The largest absolute Gasteiger partial charge is 0.176 e. The molecular formula is C11H12ClSi. The van der Waals surface area contributed by atoms with Crippen molar-refractivity contribution in [2.45, 2.75) is 18.5 Å². The molecule has 1 radical (unpaired) electrons. The minimum atomic E-state index is -0.733. The highest BCUT2D eigenvalue weighted by molar-refractivity contribution is 7.07. The van der Waals surface area contributed by atoms with Gasteiger partial charge in [-0.25, -0.2) is 0 Å². The fourth-order valence-corrected chi connectivity index (χ4v) is 3.66. The molecule has 0 saturated carbocycles. The van der Waals surface area contributed by atoms with E-state index in [0.29, 0.717) is 5.54 Å². The van der Waals surface area contributed by atoms with E-state index in [1.165, 1.54) is 11.1 Å². The number of fused-ring (bicyclic) bond motifs is 1. The van der Waals surface area contributed by atoms with Gasteiger partial charge in [-0.15, -0.1) is 0 Å². The first-order valence-electron chi connectivity index (χ1n) is 4.61. The van der Waals surface area contributed by atoms with Crippen LogP contribution in [0.1, 0.15) is 23.6 Å². The van der Waals surface area contributed by atoms with E-state index in [2.05, 4.69) is 43.3 Å². The van der Waals surface area contributed by atoms with Crippen LogP contribution < -0.4 is 0 Å². The normalized spacial score (nSPS) is 19.5. The smallest absolute Gasteiger partial charge is 0.168 e. The fraction of sp³-hybridized carbons (Fsp3) is 0.273. The zero-order chi connectivity index (χ0) is 9.26. The van der Waals surface area contributed by atoms with Crippen molar-refractivity contribution in [3.63, 3.8) is 0 Å². The minimum Gasteiger partial charge on any atom is -0.168 e. The molecule has 1 atom stereocenters. The van der Waals surface area contributed by atoms with E-state index in [0.717, 1.165) is 6.04 Å². The van der Waals surface area contributed by atoms with Crippen LogP contribution in [0.3, 0.4) is 0 Å². The lowest BCUT2D eigenvalue weighted by molar-refractivity contribution is 1.19. The van der Waals surface area contributed by atoms with E-state index in [1.807, 2.05) is 0 Å². The second-order valence-electron chi connectivity index (χ2n) is 3.27. The summed E-state index contributed by atoms with van der Waals surface area (Å²) in [6, 6.07) is 9.66. The molecule has 2 heteroatoms. The topological polar surface area (TPSA) is 0 Å². The van der Waals surface area contributed by atoms with Gasteiger partial charge in [0.05, 0.1) is 0 Å². The molecule has 1 aliphatic rings. The van der Waals surface area contributed by atoms with E-state index >= 15 is 0 Å². The molecule has 0 fully saturated rings. The van der Waals surface area contributed by atoms with Crippen LogP contribution in [0.2, 0.25) is 6.04 Å². The molecule has 0 nitrogen and oxygen atoms in total. The summed E-state index contributed by atoms with van der Waals surface area (Å²) in [7, 11) is -0.733. The molecule has 0 amide bonds. The molecule has 1 aliphatic carbocycles. The predicted octanol–water partition coefficient (Wildman–Crippen LogP) is 3.59. The first-order chi connectivity index (χ1) is 6.33. The van der Waals surface area contributed by atoms with Crippen LogP contribution >= 0.6 is 11.1 Å². The van der Waals surface area contributed by atoms with Gasteiger partial charge in [-0.3, -0.25) is 0 Å². The van der Waals surface area contributed by atoms with Gasteiger partial charge in [0.25, 0.3) is 0 Å². The van der Waals surface area contributed by atoms with Crippen LogP contribution in [0.4, 0.5) is 0 Å². The number of rotatable bonds is 2. The molecule has 0 N–H and O–H groups in total. The summed E-state index contributed by atoms with van der Waals surface area (Å²) in [5.74, 6) is 0. The molecule has 1 aromatic rings. The maximum Gasteiger partial charge on any atom is 0.176 e. The van der Waals surface area contributed by atoms with Crippen LogP contribution in [-0.2, 0) is 0 Å². The highest BCUT2D eigenvalue weighted by atomic mass is 35.6. The van der Waals surface area contributed by atoms with Crippen LogP contribution in [0, 0.1) is 0 Å². The standard InChI is InChI=1S/C11H12ClSi/c1-2-13(12)11-8-7-9-5-3-4-6-10(9)11/h3-8,11H,2H2,1H3. The first kappa shape index (κ1) is 9.04. The zero-order valence-electron chi connectivity index (χ0n) is 7.63. The van der Waals surface area contributed by atoms with Crippen molar-refractivity contribution < 1.29 is 0 Å². The van der Waals surface area contributed by atoms with Crippen molar-refractivity contribution in [1.29, 1.82) is 0 Å². The average Bonchev–Trinajstić information content (AvgIpc) is 2.60. The van der Waals surface area contributed by atoms with Crippen molar-refractivity contribution in [3.8, 4) is 0 Å². The Bertz CT molecular complexity index is 333. The molecule has 0 aromatic heterocycles. The molecule has 0 aliphatic heterocycles. The highest BCUT2D eigenvalue weighted by Crippen LogP contribution is 2.33. The Balaban J connectivity index is 2.33. The molecule has 1 unspecified atom stereocenters. The van der Waals surface area contributed by atoms with Crippen molar-refractivity contribution in [2.24, 2.45) is 0 Å². The lowest BCUT2D eigenvalue weighted by Crippen LogP contribution is -2.12. The molecule has 0 heterocycles. The van der Waals surface area contributed by atoms with Gasteiger partial charge in [-0.2, -0.15) is 11.1 Å². The third kappa shape index (κ3) is 1.58. The Labute approximate surface area is 85.5 Å². The minimum absolute atomic E-state index is 0.521. The Hall–Kier alpha value is -0.533. The molecule has 1 aromatic carbocycles. The van der Waals surface area contributed by atoms with Crippen molar-refractivity contribution >= 4 is 25.3 Å². The van der Waals surface area contributed by atoms with Gasteiger partial charge in [-0.1, -0.05) is 43.3 Å². The van der Waals surface area contributed by atoms with Gasteiger partial charge >= 0.3 is 0 Å². The van der Waals surface area contributed by atoms with E-state index < -0.39 is 8.11 Å². The Morgan fingerprint density at radius 1 is 1.38 bits per heavy atom. The highest BCUT2D eigenvalue weighted by Gasteiger charge is 2.24. The summed E-state index contributed by atoms with van der Waals surface area (Å²) in [6.45, 7) is 2.18. The van der Waals surface area contributed by atoms with Gasteiger partial charge in [0.15, 0.2) is 8.11 Å². The Kier molecular flexibility index (Phi) is 2.56. The third-order valence-corrected chi connectivity index (χ3v) is 5.84. The van der Waals surface area contributed by atoms with Crippen molar-refractivity contribution in [3.05, 3.63) is 41.5 Å². The van der Waals surface area contributed by atoms with Gasteiger partial charge < -0.3 is 0 Å². The summed E-state index contributed by atoms with van der Waals surface area (Å²) in [6.07, 6.45) is 4.46. The SMILES string of the molecule is CC[Si](Cl)C1C=Cc2ccccc21. The maximum absolute atomic E-state index is 6.35. The van der Waals surface area contributed by atoms with E-state index in [9.17, 15) is 0 Å². The van der Waals surface area contributed by atoms with E-state index in [4.69, 9.17) is 11.1 Å². The summed E-state index contributed by atoms with van der Waals surface area (Å²) < 4.78 is 0. The number of allylic oxidation sites excluding steroid dienone is 1. The second kappa shape index (κ2) is 3.68. The molecule has 0 saturated heterocycles. The fourth-order valence-electron chi connectivity index (χ4n) is 1.74. The lowest BCUT2D eigenvalue weighted by Gasteiger charge is -2.13. The summed E-state index contributed by atoms with van der Waals surface area (Å²) in [4.78, 5) is 0. The summed E-state index contributed by atoms with van der Waals surface area (Å²) >= 11 is 6.35. The first-order valence-corrected chi connectivity index (χ1v) is 7.41. The lowest BCUT2D eigenvalue weighted by atomic mass is 10.1. The van der Waals surface area contributed by atoms with Crippen LogP contribution in [0.5, 0.6) is 0 Å². The van der Waals surface area contributed by atoms with Crippen LogP contribution in [0.15, 0.2) is 30.3 Å². The molecule has 13 heavy (non-hydrogen) atoms. The molecule has 67 valence electrons. The van der Waals surface area contributed by atoms with Crippen LogP contribution in [0.25, 0.3) is 6.08 Å². The van der Waals surface area contributed by atoms with Crippen LogP contribution in [-0.4, -0.2) is 8.11 Å². The van der Waals surface area contributed by atoms with Gasteiger partial charge in [0.2, 0.25) is 0 Å². The molecule has 2 rings (SSSR count). The number of hydrogen-bond donors (Lipinski definition) is 0. The average molecular weight is 208 g/mol. The van der Waals surface area contributed by atoms with E-state index in [-0.39, 0.29) is 0 Å². The Morgan fingerprint density at radius 3 is 2.92 bits per heavy atom. The number of hydrogen-bond acceptors (Lipinski definition) is 0. The van der Waals surface area contributed by atoms with Gasteiger partial charge in [-0.05, 0) is 17.2 Å². The van der Waals surface area contributed by atoms with Crippen molar-refractivity contribution in [2.75, 3.05) is 0 Å². The van der Waals surface area contributed by atoms with Gasteiger partial charge in [0, 0.05) is 5.54 Å².